The summed E-state index contributed by atoms with van der Waals surface area (Å²) in [5, 5.41) is 3.31. The smallest absolute Gasteiger partial charge is 0.254 e. The summed E-state index contributed by atoms with van der Waals surface area (Å²) in [5.74, 6) is 0.741. The van der Waals surface area contributed by atoms with E-state index in [-0.39, 0.29) is 5.91 Å². The number of aromatic nitrogens is 1. The van der Waals surface area contributed by atoms with E-state index < -0.39 is 0 Å². The second-order valence-electron chi connectivity index (χ2n) is 7.47. The number of benzene rings is 2. The molecule has 1 fully saturated rings. The van der Waals surface area contributed by atoms with E-state index in [1.807, 2.05) is 35.2 Å². The summed E-state index contributed by atoms with van der Waals surface area (Å²) < 4.78 is 0. The molecule has 0 atom stereocenters. The topological polar surface area (TPSA) is 48.5 Å². The fourth-order valence-electron chi connectivity index (χ4n) is 3.59. The van der Waals surface area contributed by atoms with Gasteiger partial charge in [-0.1, -0.05) is 24.3 Å². The van der Waals surface area contributed by atoms with Crippen molar-refractivity contribution in [3.8, 4) is 0 Å². The van der Waals surface area contributed by atoms with E-state index in [2.05, 4.69) is 53.3 Å². The first kappa shape index (κ1) is 19.0. The number of rotatable bonds is 4. The van der Waals surface area contributed by atoms with Gasteiger partial charge in [-0.25, -0.2) is 4.98 Å². The van der Waals surface area contributed by atoms with Gasteiger partial charge in [-0.15, -0.1) is 0 Å². The average Bonchev–Trinajstić information content (AvgIpc) is 2.77. The number of hydrogen-bond donors (Lipinski definition) is 1. The minimum absolute atomic E-state index is 0.0586. The first-order valence-corrected chi connectivity index (χ1v) is 10.00. The largest absolute Gasteiger partial charge is 0.368 e. The van der Waals surface area contributed by atoms with Gasteiger partial charge >= 0.3 is 0 Å². The molecule has 5 heteroatoms. The van der Waals surface area contributed by atoms with Gasteiger partial charge in [0.15, 0.2) is 0 Å². The number of carbonyl (C=O) groups excluding carboxylic acids is 1. The van der Waals surface area contributed by atoms with Crippen molar-refractivity contribution in [3.63, 3.8) is 0 Å². The Bertz CT molecular complexity index is 995. The van der Waals surface area contributed by atoms with Gasteiger partial charge in [0.05, 0.1) is 0 Å². The lowest BCUT2D eigenvalue weighted by Crippen LogP contribution is -2.48. The van der Waals surface area contributed by atoms with Crippen LogP contribution in [0.2, 0.25) is 0 Å². The first-order valence-electron chi connectivity index (χ1n) is 10.00. The molecule has 0 aliphatic carbocycles. The number of para-hydroxylation sites is 1. The Labute approximate surface area is 172 Å². The zero-order valence-corrected chi connectivity index (χ0v) is 16.9. The van der Waals surface area contributed by atoms with E-state index in [0.29, 0.717) is 11.4 Å². The molecule has 1 amide bonds. The van der Waals surface area contributed by atoms with Crippen LogP contribution in [0.15, 0.2) is 66.9 Å². The Balaban J connectivity index is 1.41. The van der Waals surface area contributed by atoms with Crippen molar-refractivity contribution in [1.82, 2.24) is 9.88 Å². The summed E-state index contributed by atoms with van der Waals surface area (Å²) in [7, 11) is 0. The number of carbonyl (C=O) groups is 1. The van der Waals surface area contributed by atoms with Crippen LogP contribution in [0, 0.1) is 13.8 Å². The number of nitrogens with one attached hydrogen (secondary N) is 1. The zero-order valence-electron chi connectivity index (χ0n) is 16.9. The van der Waals surface area contributed by atoms with Crippen LogP contribution < -0.4 is 10.2 Å². The summed E-state index contributed by atoms with van der Waals surface area (Å²) >= 11 is 0. The standard InChI is InChI=1S/C24H26N4O/c1-18-8-9-21(16-19(18)2)26-23-17-20(10-11-25-23)24(29)28-14-12-27(13-15-28)22-6-4-3-5-7-22/h3-11,16-17H,12-15H2,1-2H3,(H,25,26). The maximum absolute atomic E-state index is 13.0. The van der Waals surface area contributed by atoms with Crippen LogP contribution in [0.3, 0.4) is 0 Å². The number of anilines is 3. The Hall–Kier alpha value is -3.34. The molecule has 1 aliphatic heterocycles. The minimum Gasteiger partial charge on any atom is -0.368 e. The van der Waals surface area contributed by atoms with Crippen molar-refractivity contribution in [3.05, 3.63) is 83.6 Å². The summed E-state index contributed by atoms with van der Waals surface area (Å²) in [5.41, 5.74) is 5.32. The third-order valence-electron chi connectivity index (χ3n) is 5.47. The van der Waals surface area contributed by atoms with Crippen LogP contribution in [0.4, 0.5) is 17.2 Å². The summed E-state index contributed by atoms with van der Waals surface area (Å²) in [4.78, 5) is 21.6. The highest BCUT2D eigenvalue weighted by Crippen LogP contribution is 2.20. The van der Waals surface area contributed by atoms with E-state index in [9.17, 15) is 4.79 Å². The monoisotopic (exact) mass is 386 g/mol. The number of hydrogen-bond acceptors (Lipinski definition) is 4. The van der Waals surface area contributed by atoms with Crippen LogP contribution >= 0.6 is 0 Å². The van der Waals surface area contributed by atoms with Gasteiger partial charge in [0.2, 0.25) is 0 Å². The molecule has 4 rings (SSSR count). The number of nitrogens with zero attached hydrogens (tertiary/aromatic N) is 3. The molecule has 1 N–H and O–H groups in total. The number of pyridine rings is 1. The Morgan fingerprint density at radius 3 is 2.38 bits per heavy atom. The fourth-order valence-corrected chi connectivity index (χ4v) is 3.59. The van der Waals surface area contributed by atoms with E-state index in [0.717, 1.165) is 31.9 Å². The van der Waals surface area contributed by atoms with Crippen LogP contribution in [-0.2, 0) is 0 Å². The van der Waals surface area contributed by atoms with Gasteiger partial charge in [0, 0.05) is 49.3 Å². The number of aryl methyl sites for hydroxylation is 2. The second-order valence-corrected chi connectivity index (χ2v) is 7.47. The van der Waals surface area contributed by atoms with Gasteiger partial charge in [-0.3, -0.25) is 4.79 Å². The van der Waals surface area contributed by atoms with Crippen molar-refractivity contribution in [1.29, 1.82) is 0 Å². The third kappa shape index (κ3) is 4.40. The molecule has 0 unspecified atom stereocenters. The van der Waals surface area contributed by atoms with Gasteiger partial charge in [0.25, 0.3) is 5.91 Å². The van der Waals surface area contributed by atoms with Crippen LogP contribution in [0.1, 0.15) is 21.5 Å². The van der Waals surface area contributed by atoms with Gasteiger partial charge in [0.1, 0.15) is 5.82 Å². The second kappa shape index (κ2) is 8.35. The number of piperazine rings is 1. The lowest BCUT2D eigenvalue weighted by Gasteiger charge is -2.36. The van der Waals surface area contributed by atoms with Crippen molar-refractivity contribution >= 4 is 23.1 Å². The molecule has 0 radical (unpaired) electrons. The first-order chi connectivity index (χ1) is 14.1. The molecular weight excluding hydrogens is 360 g/mol. The molecular formula is C24H26N4O. The van der Waals surface area contributed by atoms with Crippen LogP contribution in [0.5, 0.6) is 0 Å². The van der Waals surface area contributed by atoms with Crippen molar-refractivity contribution in [2.24, 2.45) is 0 Å². The molecule has 3 aromatic rings. The molecule has 5 nitrogen and oxygen atoms in total. The van der Waals surface area contributed by atoms with Crippen molar-refractivity contribution < 1.29 is 4.79 Å². The third-order valence-corrected chi connectivity index (χ3v) is 5.47. The predicted molar refractivity (Wildman–Crippen MR) is 118 cm³/mol. The average molecular weight is 386 g/mol. The summed E-state index contributed by atoms with van der Waals surface area (Å²) in [6.07, 6.45) is 1.69. The molecule has 1 aromatic heterocycles. The van der Waals surface area contributed by atoms with Gasteiger partial charge in [-0.05, 0) is 61.4 Å². The Morgan fingerprint density at radius 1 is 0.897 bits per heavy atom. The van der Waals surface area contributed by atoms with E-state index in [1.54, 1.807) is 12.3 Å². The zero-order chi connectivity index (χ0) is 20.2. The SMILES string of the molecule is Cc1ccc(Nc2cc(C(=O)N3CCN(c4ccccc4)CC3)ccn2)cc1C. The highest BCUT2D eigenvalue weighted by atomic mass is 16.2. The molecule has 0 spiro atoms. The molecule has 1 saturated heterocycles. The maximum Gasteiger partial charge on any atom is 0.254 e. The minimum atomic E-state index is 0.0586. The summed E-state index contributed by atoms with van der Waals surface area (Å²) in [6, 6.07) is 20.2. The fraction of sp³-hybridized carbons (Fsp3) is 0.250. The van der Waals surface area contributed by atoms with Crippen LogP contribution in [0.25, 0.3) is 0 Å². The molecule has 0 saturated carbocycles. The highest BCUT2D eigenvalue weighted by molar-refractivity contribution is 5.95. The van der Waals surface area contributed by atoms with E-state index >= 15 is 0 Å². The Morgan fingerprint density at radius 2 is 1.66 bits per heavy atom. The summed E-state index contributed by atoms with van der Waals surface area (Å²) in [6.45, 7) is 7.30. The molecule has 1 aliphatic rings. The van der Waals surface area contributed by atoms with Crippen molar-refractivity contribution in [2.45, 2.75) is 13.8 Å². The quantitative estimate of drug-likeness (QED) is 0.722. The van der Waals surface area contributed by atoms with Crippen molar-refractivity contribution in [2.75, 3.05) is 36.4 Å². The van der Waals surface area contributed by atoms with E-state index in [4.69, 9.17) is 0 Å². The van der Waals surface area contributed by atoms with E-state index in [1.165, 1.54) is 16.8 Å². The predicted octanol–water partition coefficient (Wildman–Crippen LogP) is 4.40. The Kier molecular flexibility index (Phi) is 5.47. The lowest BCUT2D eigenvalue weighted by molar-refractivity contribution is 0.0746. The van der Waals surface area contributed by atoms with Gasteiger partial charge in [-0.2, -0.15) is 0 Å². The van der Waals surface area contributed by atoms with Crippen LogP contribution in [-0.4, -0.2) is 42.0 Å². The molecule has 0 bridgehead atoms. The molecule has 29 heavy (non-hydrogen) atoms. The molecule has 148 valence electrons. The molecule has 2 heterocycles. The lowest BCUT2D eigenvalue weighted by atomic mass is 10.1. The maximum atomic E-state index is 13.0. The highest BCUT2D eigenvalue weighted by Gasteiger charge is 2.22. The van der Waals surface area contributed by atoms with Gasteiger partial charge < -0.3 is 15.1 Å². The normalized spacial score (nSPS) is 14.0. The number of amides is 1. The molecule has 2 aromatic carbocycles.